The lowest BCUT2D eigenvalue weighted by Gasteiger charge is -2.18. The number of halogens is 2. The summed E-state index contributed by atoms with van der Waals surface area (Å²) >= 11 is 0. The molecule has 1 aromatic heterocycles. The molecule has 25 heavy (non-hydrogen) atoms. The molecule has 6 nitrogen and oxygen atoms in total. The first kappa shape index (κ1) is 19.2. The van der Waals surface area contributed by atoms with Crippen molar-refractivity contribution >= 4 is 18.3 Å². The summed E-state index contributed by atoms with van der Waals surface area (Å²) < 4.78 is 18.9. The van der Waals surface area contributed by atoms with Crippen molar-refractivity contribution in [1.29, 1.82) is 0 Å². The predicted octanol–water partition coefficient (Wildman–Crippen LogP) is 2.20. The highest BCUT2D eigenvalue weighted by molar-refractivity contribution is 5.94. The SMILES string of the molecule is CCC(CNC(=O)c1n[nH]c2c1CNCC2)Oc1cccc(F)c1.Cl. The highest BCUT2D eigenvalue weighted by atomic mass is 35.5. The van der Waals surface area contributed by atoms with Crippen molar-refractivity contribution in [1.82, 2.24) is 20.8 Å². The summed E-state index contributed by atoms with van der Waals surface area (Å²) in [5.74, 6) is -0.114. The van der Waals surface area contributed by atoms with E-state index in [4.69, 9.17) is 4.74 Å². The van der Waals surface area contributed by atoms with E-state index in [2.05, 4.69) is 20.8 Å². The van der Waals surface area contributed by atoms with Crippen LogP contribution in [-0.4, -0.2) is 35.3 Å². The van der Waals surface area contributed by atoms with Crippen molar-refractivity contribution in [2.24, 2.45) is 0 Å². The zero-order valence-corrected chi connectivity index (χ0v) is 14.8. The van der Waals surface area contributed by atoms with Crippen molar-refractivity contribution in [2.75, 3.05) is 13.1 Å². The van der Waals surface area contributed by atoms with E-state index in [-0.39, 0.29) is 30.2 Å². The fraction of sp³-hybridized carbons (Fsp3) is 0.412. The van der Waals surface area contributed by atoms with Crippen molar-refractivity contribution in [3.05, 3.63) is 47.0 Å². The summed E-state index contributed by atoms with van der Waals surface area (Å²) in [7, 11) is 0. The molecule has 0 fully saturated rings. The molecule has 0 aliphatic carbocycles. The molecule has 2 heterocycles. The number of benzene rings is 1. The average molecular weight is 369 g/mol. The van der Waals surface area contributed by atoms with Gasteiger partial charge in [0, 0.05) is 36.8 Å². The van der Waals surface area contributed by atoms with Crippen LogP contribution in [0.4, 0.5) is 4.39 Å². The molecule has 1 aliphatic rings. The Bertz CT molecular complexity index is 722. The van der Waals surface area contributed by atoms with Gasteiger partial charge in [-0.3, -0.25) is 9.89 Å². The maximum Gasteiger partial charge on any atom is 0.272 e. The van der Waals surface area contributed by atoms with Crippen LogP contribution < -0.4 is 15.4 Å². The maximum absolute atomic E-state index is 13.2. The Balaban J connectivity index is 0.00000225. The number of aromatic nitrogens is 2. The number of carbonyl (C=O) groups excluding carboxylic acids is 1. The average Bonchev–Trinajstić information content (AvgIpc) is 3.02. The normalized spacial score (nSPS) is 14.2. The first-order valence-corrected chi connectivity index (χ1v) is 8.14. The number of hydrogen-bond acceptors (Lipinski definition) is 4. The molecule has 0 bridgehead atoms. The molecule has 1 unspecified atom stereocenters. The molecule has 2 aromatic rings. The Labute approximate surface area is 151 Å². The van der Waals surface area contributed by atoms with Gasteiger partial charge in [0.2, 0.25) is 0 Å². The lowest BCUT2D eigenvalue weighted by atomic mass is 10.1. The number of ether oxygens (including phenoxy) is 1. The molecule has 8 heteroatoms. The molecule has 0 radical (unpaired) electrons. The molecule has 1 atom stereocenters. The molecular formula is C17H22ClFN4O2. The molecular weight excluding hydrogens is 347 g/mol. The number of nitrogens with zero attached hydrogens (tertiary/aromatic N) is 1. The van der Waals surface area contributed by atoms with E-state index < -0.39 is 0 Å². The van der Waals surface area contributed by atoms with Crippen LogP contribution in [0, 0.1) is 5.82 Å². The topological polar surface area (TPSA) is 79.0 Å². The molecule has 0 saturated carbocycles. The molecule has 3 rings (SSSR count). The standard InChI is InChI=1S/C17H21FN4O2.ClH/c1-2-12(24-13-5-3-4-11(18)8-13)9-20-17(23)16-14-10-19-7-6-15(14)21-22-16;/h3-5,8,12,19H,2,6-7,9-10H2,1H3,(H,20,23)(H,21,22);1H. The summed E-state index contributed by atoms with van der Waals surface area (Å²) in [5.41, 5.74) is 2.37. The number of rotatable bonds is 6. The minimum atomic E-state index is -0.345. The Kier molecular flexibility index (Phi) is 6.78. The number of carbonyl (C=O) groups is 1. The third-order valence-electron chi connectivity index (χ3n) is 4.07. The van der Waals surface area contributed by atoms with Gasteiger partial charge in [-0.2, -0.15) is 5.10 Å². The predicted molar refractivity (Wildman–Crippen MR) is 94.7 cm³/mol. The van der Waals surface area contributed by atoms with Gasteiger partial charge in [0.25, 0.3) is 5.91 Å². The molecule has 1 amide bonds. The van der Waals surface area contributed by atoms with Gasteiger partial charge >= 0.3 is 0 Å². The first-order valence-electron chi connectivity index (χ1n) is 8.14. The zero-order chi connectivity index (χ0) is 16.9. The second kappa shape index (κ2) is 8.82. The van der Waals surface area contributed by atoms with Gasteiger partial charge in [0.1, 0.15) is 17.7 Å². The molecule has 136 valence electrons. The Hall–Kier alpha value is -2.12. The van der Waals surface area contributed by atoms with Gasteiger partial charge < -0.3 is 15.4 Å². The van der Waals surface area contributed by atoms with Gasteiger partial charge in [-0.15, -0.1) is 12.4 Å². The quantitative estimate of drug-likeness (QED) is 0.730. The van der Waals surface area contributed by atoms with E-state index in [0.717, 1.165) is 24.2 Å². The zero-order valence-electron chi connectivity index (χ0n) is 14.0. The van der Waals surface area contributed by atoms with Gasteiger partial charge in [-0.05, 0) is 18.6 Å². The molecule has 0 spiro atoms. The van der Waals surface area contributed by atoms with Crippen molar-refractivity contribution in [3.8, 4) is 5.75 Å². The van der Waals surface area contributed by atoms with Gasteiger partial charge in [-0.25, -0.2) is 4.39 Å². The second-order valence-electron chi connectivity index (χ2n) is 5.77. The highest BCUT2D eigenvalue weighted by Crippen LogP contribution is 2.16. The van der Waals surface area contributed by atoms with Crippen LogP contribution in [0.1, 0.15) is 35.1 Å². The second-order valence-corrected chi connectivity index (χ2v) is 5.77. The van der Waals surface area contributed by atoms with Gasteiger partial charge in [0.05, 0.1) is 6.54 Å². The number of aromatic amines is 1. The summed E-state index contributed by atoms with van der Waals surface area (Å²) in [5, 5.41) is 13.1. The summed E-state index contributed by atoms with van der Waals surface area (Å²) in [4.78, 5) is 12.4. The van der Waals surface area contributed by atoms with E-state index in [9.17, 15) is 9.18 Å². The van der Waals surface area contributed by atoms with Gasteiger partial charge in [0.15, 0.2) is 5.69 Å². The van der Waals surface area contributed by atoms with Crippen molar-refractivity contribution in [2.45, 2.75) is 32.4 Å². The highest BCUT2D eigenvalue weighted by Gasteiger charge is 2.22. The molecule has 3 N–H and O–H groups in total. The third-order valence-corrected chi connectivity index (χ3v) is 4.07. The van der Waals surface area contributed by atoms with E-state index in [1.165, 1.54) is 12.1 Å². The lowest BCUT2D eigenvalue weighted by molar-refractivity contribution is 0.0919. The van der Waals surface area contributed by atoms with Crippen LogP contribution in [0.3, 0.4) is 0 Å². The largest absolute Gasteiger partial charge is 0.489 e. The van der Waals surface area contributed by atoms with Gasteiger partial charge in [-0.1, -0.05) is 13.0 Å². The minimum absolute atomic E-state index is 0. The van der Waals surface area contributed by atoms with Crippen LogP contribution in [0.15, 0.2) is 24.3 Å². The number of fused-ring (bicyclic) bond motifs is 1. The summed E-state index contributed by atoms with van der Waals surface area (Å²) in [6.07, 6.45) is 1.30. The van der Waals surface area contributed by atoms with Crippen molar-refractivity contribution in [3.63, 3.8) is 0 Å². The molecule has 0 saturated heterocycles. The maximum atomic E-state index is 13.2. The van der Waals surface area contributed by atoms with Crippen LogP contribution in [0.5, 0.6) is 5.75 Å². The van der Waals surface area contributed by atoms with E-state index in [0.29, 0.717) is 31.0 Å². The molecule has 1 aliphatic heterocycles. The summed E-state index contributed by atoms with van der Waals surface area (Å²) in [6.45, 7) is 3.82. The van der Waals surface area contributed by atoms with E-state index in [1.807, 2.05) is 6.92 Å². The summed E-state index contributed by atoms with van der Waals surface area (Å²) in [6, 6.07) is 5.99. The van der Waals surface area contributed by atoms with Crippen LogP contribution >= 0.6 is 12.4 Å². The number of nitrogens with one attached hydrogen (secondary N) is 3. The monoisotopic (exact) mass is 368 g/mol. The fourth-order valence-corrected chi connectivity index (χ4v) is 2.71. The number of hydrogen-bond donors (Lipinski definition) is 3. The van der Waals surface area contributed by atoms with Crippen molar-refractivity contribution < 1.29 is 13.9 Å². The number of amides is 1. The van der Waals surface area contributed by atoms with E-state index >= 15 is 0 Å². The fourth-order valence-electron chi connectivity index (χ4n) is 2.71. The first-order chi connectivity index (χ1) is 11.7. The number of H-pyrrole nitrogens is 1. The van der Waals surface area contributed by atoms with E-state index in [1.54, 1.807) is 12.1 Å². The Morgan fingerprint density at radius 1 is 1.48 bits per heavy atom. The van der Waals surface area contributed by atoms with Crippen LogP contribution in [0.2, 0.25) is 0 Å². The smallest absolute Gasteiger partial charge is 0.272 e. The molecule has 1 aromatic carbocycles. The lowest BCUT2D eigenvalue weighted by Crippen LogP contribution is -2.36. The Morgan fingerprint density at radius 2 is 2.32 bits per heavy atom. The van der Waals surface area contributed by atoms with Crippen LogP contribution in [-0.2, 0) is 13.0 Å². The minimum Gasteiger partial charge on any atom is -0.489 e. The Morgan fingerprint density at radius 3 is 3.08 bits per heavy atom. The van der Waals surface area contributed by atoms with Crippen LogP contribution in [0.25, 0.3) is 0 Å². The third kappa shape index (κ3) is 4.70.